The van der Waals surface area contributed by atoms with Gasteiger partial charge in [0.2, 0.25) is 11.8 Å². The lowest BCUT2D eigenvalue weighted by atomic mass is 10.1. The summed E-state index contributed by atoms with van der Waals surface area (Å²) in [7, 11) is 1.67. The summed E-state index contributed by atoms with van der Waals surface area (Å²) in [5.74, 6) is -1.60. The minimum atomic E-state index is -0.832. The Bertz CT molecular complexity index is 1090. The van der Waals surface area contributed by atoms with E-state index in [-0.39, 0.29) is 30.6 Å². The average Bonchev–Trinajstić information content (AvgIpc) is 2.92. The molecule has 2 aliphatic rings. The van der Waals surface area contributed by atoms with Crippen molar-refractivity contribution in [2.75, 3.05) is 31.1 Å². The van der Waals surface area contributed by atoms with E-state index in [1.54, 1.807) is 7.05 Å². The molecule has 0 aliphatic carbocycles. The molecule has 2 amide bonds. The maximum Gasteiger partial charge on any atom is 0.329 e. The number of piperazine rings is 1. The molecule has 0 bridgehead atoms. The highest BCUT2D eigenvalue weighted by Gasteiger charge is 2.32. The standard InChI is InChI=1S/C20H25N5O5/c1-12-10-23(11-18(27)28)7-8-24(12)13-3-4-14-16(9-13)22(2)20(30)25(14)15-5-6-17(26)21-19(15)29/h3-4,9,12,15H,5-8,10-11H2,1-2H3,(H,27,28)(H,21,26,29)/t12-,15?/m0/s1. The highest BCUT2D eigenvalue weighted by atomic mass is 16.4. The number of aryl methyl sites for hydroxylation is 1. The third kappa shape index (κ3) is 3.47. The summed E-state index contributed by atoms with van der Waals surface area (Å²) in [5.41, 5.74) is 2.01. The van der Waals surface area contributed by atoms with Crippen LogP contribution in [-0.2, 0) is 21.4 Å². The van der Waals surface area contributed by atoms with Crippen LogP contribution in [0.5, 0.6) is 0 Å². The molecule has 30 heavy (non-hydrogen) atoms. The van der Waals surface area contributed by atoms with Crippen molar-refractivity contribution in [3.8, 4) is 0 Å². The highest BCUT2D eigenvalue weighted by Crippen LogP contribution is 2.28. The van der Waals surface area contributed by atoms with E-state index < -0.39 is 17.9 Å². The zero-order valence-corrected chi connectivity index (χ0v) is 17.0. The molecule has 2 fully saturated rings. The molecule has 0 saturated carbocycles. The topological polar surface area (TPSA) is 117 Å². The second kappa shape index (κ2) is 7.60. The lowest BCUT2D eigenvalue weighted by molar-refractivity contribution is -0.139. The summed E-state index contributed by atoms with van der Waals surface area (Å²) in [4.78, 5) is 51.8. The third-order valence-electron chi connectivity index (χ3n) is 6.00. The van der Waals surface area contributed by atoms with E-state index >= 15 is 0 Å². The van der Waals surface area contributed by atoms with Crippen molar-refractivity contribution in [1.29, 1.82) is 0 Å². The van der Waals surface area contributed by atoms with Gasteiger partial charge in [-0.25, -0.2) is 4.79 Å². The predicted octanol–water partition coefficient (Wildman–Crippen LogP) is -0.0872. The van der Waals surface area contributed by atoms with Crippen molar-refractivity contribution in [3.63, 3.8) is 0 Å². The molecule has 2 N–H and O–H groups in total. The van der Waals surface area contributed by atoms with Crippen molar-refractivity contribution >= 4 is 34.5 Å². The van der Waals surface area contributed by atoms with Crippen molar-refractivity contribution in [2.24, 2.45) is 7.05 Å². The summed E-state index contributed by atoms with van der Waals surface area (Å²) in [6.07, 6.45) is 0.503. The van der Waals surface area contributed by atoms with Crippen LogP contribution in [0.25, 0.3) is 11.0 Å². The minimum absolute atomic E-state index is 0.0283. The summed E-state index contributed by atoms with van der Waals surface area (Å²) in [6.45, 7) is 4.04. The smallest absolute Gasteiger partial charge is 0.329 e. The molecule has 160 valence electrons. The van der Waals surface area contributed by atoms with E-state index in [0.717, 1.165) is 5.69 Å². The molecule has 1 unspecified atom stereocenters. The third-order valence-corrected chi connectivity index (χ3v) is 6.00. The number of anilines is 1. The van der Waals surface area contributed by atoms with E-state index in [4.69, 9.17) is 5.11 Å². The van der Waals surface area contributed by atoms with E-state index in [2.05, 4.69) is 10.2 Å². The van der Waals surface area contributed by atoms with Gasteiger partial charge in [0.25, 0.3) is 0 Å². The number of hydrogen-bond donors (Lipinski definition) is 2. The first-order valence-corrected chi connectivity index (χ1v) is 10.0. The molecule has 10 heteroatoms. The monoisotopic (exact) mass is 415 g/mol. The Morgan fingerprint density at radius 3 is 2.63 bits per heavy atom. The number of benzene rings is 1. The quantitative estimate of drug-likeness (QED) is 0.671. The molecule has 1 aromatic carbocycles. The number of nitrogens with one attached hydrogen (secondary N) is 1. The fourth-order valence-electron chi connectivity index (χ4n) is 4.51. The van der Waals surface area contributed by atoms with E-state index in [1.807, 2.05) is 30.0 Å². The zero-order valence-electron chi connectivity index (χ0n) is 17.0. The first-order chi connectivity index (χ1) is 14.3. The summed E-state index contributed by atoms with van der Waals surface area (Å²) in [6, 6.07) is 5.11. The Morgan fingerprint density at radius 1 is 1.20 bits per heavy atom. The van der Waals surface area contributed by atoms with Crippen molar-refractivity contribution in [1.82, 2.24) is 19.4 Å². The van der Waals surface area contributed by atoms with E-state index in [0.29, 0.717) is 37.1 Å². The molecule has 2 saturated heterocycles. The van der Waals surface area contributed by atoms with Gasteiger partial charge in [-0.2, -0.15) is 0 Å². The van der Waals surface area contributed by atoms with Crippen LogP contribution in [0.4, 0.5) is 5.69 Å². The first-order valence-electron chi connectivity index (χ1n) is 10.0. The number of carbonyl (C=O) groups is 3. The number of rotatable bonds is 4. The molecule has 2 aliphatic heterocycles. The Hall–Kier alpha value is -3.14. The number of imidazole rings is 1. The van der Waals surface area contributed by atoms with Gasteiger partial charge in [-0.05, 0) is 31.5 Å². The molecule has 2 aromatic rings. The second-order valence-corrected chi connectivity index (χ2v) is 8.02. The fraction of sp³-hybridized carbons (Fsp3) is 0.500. The molecule has 0 radical (unpaired) electrons. The van der Waals surface area contributed by atoms with Crippen LogP contribution in [0.1, 0.15) is 25.8 Å². The number of carboxylic acids is 1. The molecule has 4 rings (SSSR count). The molecule has 3 heterocycles. The SMILES string of the molecule is C[C@H]1CN(CC(=O)O)CCN1c1ccc2c(c1)n(C)c(=O)n2C1CCC(=O)NC1=O. The van der Waals surface area contributed by atoms with Gasteiger partial charge in [0.15, 0.2) is 0 Å². The van der Waals surface area contributed by atoms with Crippen molar-refractivity contribution in [2.45, 2.75) is 31.8 Å². The molecule has 1 aromatic heterocycles. The normalized spacial score (nSPS) is 23.1. The Labute approximate surface area is 172 Å². The number of hydrogen-bond acceptors (Lipinski definition) is 6. The van der Waals surface area contributed by atoms with Gasteiger partial charge < -0.3 is 10.0 Å². The fourth-order valence-corrected chi connectivity index (χ4v) is 4.51. The van der Waals surface area contributed by atoms with Gasteiger partial charge in [0.05, 0.1) is 17.6 Å². The van der Waals surface area contributed by atoms with Gasteiger partial charge in [-0.1, -0.05) is 0 Å². The van der Waals surface area contributed by atoms with Gasteiger partial charge in [0, 0.05) is 44.8 Å². The summed E-state index contributed by atoms with van der Waals surface area (Å²) >= 11 is 0. The van der Waals surface area contributed by atoms with Crippen molar-refractivity contribution in [3.05, 3.63) is 28.7 Å². The minimum Gasteiger partial charge on any atom is -0.480 e. The molecular weight excluding hydrogens is 390 g/mol. The maximum absolute atomic E-state index is 12.9. The van der Waals surface area contributed by atoms with Crippen LogP contribution in [0.3, 0.4) is 0 Å². The van der Waals surface area contributed by atoms with Crippen LogP contribution in [-0.4, -0.2) is 69.1 Å². The van der Waals surface area contributed by atoms with E-state index in [9.17, 15) is 19.2 Å². The lowest BCUT2D eigenvalue weighted by Crippen LogP contribution is -2.53. The predicted molar refractivity (Wildman–Crippen MR) is 109 cm³/mol. The number of aliphatic carboxylic acids is 1. The largest absolute Gasteiger partial charge is 0.480 e. The van der Waals surface area contributed by atoms with E-state index in [1.165, 1.54) is 9.13 Å². The number of carbonyl (C=O) groups excluding carboxylic acids is 2. The molecule has 0 spiro atoms. The maximum atomic E-state index is 12.9. The Balaban J connectivity index is 1.65. The lowest BCUT2D eigenvalue weighted by Gasteiger charge is -2.40. The van der Waals surface area contributed by atoms with Gasteiger partial charge in [0.1, 0.15) is 6.04 Å². The Kier molecular flexibility index (Phi) is 5.10. The number of fused-ring (bicyclic) bond motifs is 1. The molecule has 10 nitrogen and oxygen atoms in total. The number of nitrogens with zero attached hydrogens (tertiary/aromatic N) is 4. The molecular formula is C20H25N5O5. The summed E-state index contributed by atoms with van der Waals surface area (Å²) in [5, 5.41) is 11.3. The van der Waals surface area contributed by atoms with Crippen molar-refractivity contribution < 1.29 is 19.5 Å². The average molecular weight is 415 g/mol. The number of amides is 2. The van der Waals surface area contributed by atoms with Crippen LogP contribution in [0.2, 0.25) is 0 Å². The van der Waals surface area contributed by atoms with Gasteiger partial charge >= 0.3 is 11.7 Å². The number of carboxylic acid groups (broad SMARTS) is 1. The van der Waals surface area contributed by atoms with Gasteiger partial charge in [-0.15, -0.1) is 0 Å². The Morgan fingerprint density at radius 2 is 1.97 bits per heavy atom. The van der Waals surface area contributed by atoms with Crippen LogP contribution >= 0.6 is 0 Å². The van der Waals surface area contributed by atoms with Crippen LogP contribution < -0.4 is 15.9 Å². The first kappa shape index (κ1) is 20.1. The highest BCUT2D eigenvalue weighted by molar-refractivity contribution is 6.00. The van der Waals surface area contributed by atoms with Gasteiger partial charge in [-0.3, -0.25) is 33.7 Å². The number of piperidine rings is 1. The molecule has 2 atom stereocenters. The summed E-state index contributed by atoms with van der Waals surface area (Å²) < 4.78 is 2.99. The number of imide groups is 1. The number of aromatic nitrogens is 2. The van der Waals surface area contributed by atoms with Crippen LogP contribution in [0, 0.1) is 0 Å². The van der Waals surface area contributed by atoms with Crippen LogP contribution in [0.15, 0.2) is 23.0 Å². The second-order valence-electron chi connectivity index (χ2n) is 8.02. The zero-order chi connectivity index (χ0) is 21.6.